The van der Waals surface area contributed by atoms with Crippen molar-refractivity contribution in [3.8, 4) is 0 Å². The van der Waals surface area contributed by atoms with Gasteiger partial charge in [-0.1, -0.05) is 12.1 Å². The number of piperazine rings is 1. The molecule has 1 unspecified atom stereocenters. The minimum atomic E-state index is 0.321. The Morgan fingerprint density at radius 1 is 1.13 bits per heavy atom. The first-order valence-corrected chi connectivity index (χ1v) is 8.97. The van der Waals surface area contributed by atoms with E-state index in [0.29, 0.717) is 18.5 Å². The van der Waals surface area contributed by atoms with E-state index in [1.807, 2.05) is 0 Å². The van der Waals surface area contributed by atoms with Crippen LogP contribution in [0.25, 0.3) is 0 Å². The number of aryl methyl sites for hydroxylation is 1. The summed E-state index contributed by atoms with van der Waals surface area (Å²) in [7, 11) is 0. The summed E-state index contributed by atoms with van der Waals surface area (Å²) in [5, 5.41) is 0. The van der Waals surface area contributed by atoms with Crippen molar-refractivity contribution in [1.29, 1.82) is 0 Å². The van der Waals surface area contributed by atoms with Crippen molar-refractivity contribution in [3.05, 3.63) is 29.8 Å². The van der Waals surface area contributed by atoms with Gasteiger partial charge < -0.3 is 9.80 Å². The number of amides is 1. The van der Waals surface area contributed by atoms with Crippen LogP contribution in [0.1, 0.15) is 31.7 Å². The van der Waals surface area contributed by atoms with Gasteiger partial charge in [0.25, 0.3) is 0 Å². The Bertz CT molecular complexity index is 537. The van der Waals surface area contributed by atoms with Gasteiger partial charge in [0.05, 0.1) is 6.54 Å². The first-order chi connectivity index (χ1) is 11.1. The normalized spacial score (nSPS) is 23.1. The standard InChI is InChI=1S/C19H29N3O/c1-16-6-5-8-18(14-16)21-12-10-20(11-13-21)15-19(23)22-9-4-3-7-17(22)2/h5-6,8,14,17H,3-4,7,9-13,15H2,1-2H3. The van der Waals surface area contributed by atoms with E-state index in [0.717, 1.165) is 45.6 Å². The van der Waals surface area contributed by atoms with Gasteiger partial charge in [-0.05, 0) is 50.8 Å². The van der Waals surface area contributed by atoms with Crippen LogP contribution in [0.4, 0.5) is 5.69 Å². The van der Waals surface area contributed by atoms with E-state index in [4.69, 9.17) is 0 Å². The second-order valence-electron chi connectivity index (χ2n) is 7.03. The summed E-state index contributed by atoms with van der Waals surface area (Å²) in [4.78, 5) is 19.4. The minimum Gasteiger partial charge on any atom is -0.369 e. The monoisotopic (exact) mass is 315 g/mol. The highest BCUT2D eigenvalue weighted by Crippen LogP contribution is 2.19. The number of benzene rings is 1. The van der Waals surface area contributed by atoms with E-state index in [2.05, 4.69) is 52.8 Å². The van der Waals surface area contributed by atoms with Crippen molar-refractivity contribution in [3.63, 3.8) is 0 Å². The lowest BCUT2D eigenvalue weighted by Gasteiger charge is -2.38. The molecule has 0 aromatic heterocycles. The number of piperidine rings is 1. The van der Waals surface area contributed by atoms with E-state index < -0.39 is 0 Å². The molecular formula is C19H29N3O. The Balaban J connectivity index is 1.50. The summed E-state index contributed by atoms with van der Waals surface area (Å²) in [6.45, 7) is 9.82. The summed E-state index contributed by atoms with van der Waals surface area (Å²) >= 11 is 0. The Morgan fingerprint density at radius 3 is 2.61 bits per heavy atom. The highest BCUT2D eigenvalue weighted by atomic mass is 16.2. The molecule has 2 heterocycles. The summed E-state index contributed by atoms with van der Waals surface area (Å²) in [5.41, 5.74) is 2.61. The zero-order valence-electron chi connectivity index (χ0n) is 14.5. The van der Waals surface area contributed by atoms with Crippen molar-refractivity contribution in [1.82, 2.24) is 9.80 Å². The Morgan fingerprint density at radius 2 is 1.91 bits per heavy atom. The van der Waals surface area contributed by atoms with Gasteiger partial charge >= 0.3 is 0 Å². The molecule has 2 fully saturated rings. The molecule has 1 aromatic carbocycles. The summed E-state index contributed by atoms with van der Waals surface area (Å²) in [5.74, 6) is 0.321. The Labute approximate surface area is 140 Å². The Hall–Kier alpha value is -1.55. The second-order valence-corrected chi connectivity index (χ2v) is 7.03. The quantitative estimate of drug-likeness (QED) is 0.857. The van der Waals surface area contributed by atoms with Gasteiger partial charge in [-0.25, -0.2) is 0 Å². The number of carbonyl (C=O) groups excluding carboxylic acids is 1. The number of rotatable bonds is 3. The largest absolute Gasteiger partial charge is 0.369 e. The van der Waals surface area contributed by atoms with E-state index in [1.54, 1.807) is 0 Å². The highest BCUT2D eigenvalue weighted by molar-refractivity contribution is 5.78. The summed E-state index contributed by atoms with van der Waals surface area (Å²) < 4.78 is 0. The number of nitrogens with zero attached hydrogens (tertiary/aromatic N) is 3. The molecule has 1 aromatic rings. The molecule has 2 aliphatic rings. The molecule has 0 radical (unpaired) electrons. The van der Waals surface area contributed by atoms with Crippen molar-refractivity contribution < 1.29 is 4.79 Å². The number of hydrogen-bond acceptors (Lipinski definition) is 3. The number of hydrogen-bond donors (Lipinski definition) is 0. The van der Waals surface area contributed by atoms with Gasteiger partial charge in [-0.15, -0.1) is 0 Å². The van der Waals surface area contributed by atoms with Crippen LogP contribution in [0.15, 0.2) is 24.3 Å². The van der Waals surface area contributed by atoms with Gasteiger partial charge in [0.15, 0.2) is 0 Å². The molecule has 1 amide bonds. The molecule has 3 rings (SSSR count). The molecule has 0 aliphatic carbocycles. The van der Waals surface area contributed by atoms with Gasteiger partial charge in [0.1, 0.15) is 0 Å². The third-order valence-corrected chi connectivity index (χ3v) is 5.22. The maximum atomic E-state index is 12.5. The third-order valence-electron chi connectivity index (χ3n) is 5.22. The van der Waals surface area contributed by atoms with Crippen molar-refractivity contribution in [2.75, 3.05) is 44.2 Å². The van der Waals surface area contributed by atoms with Crippen LogP contribution < -0.4 is 4.90 Å². The van der Waals surface area contributed by atoms with E-state index in [9.17, 15) is 4.79 Å². The first-order valence-electron chi connectivity index (χ1n) is 8.97. The molecule has 0 N–H and O–H groups in total. The average molecular weight is 315 g/mol. The Kier molecular flexibility index (Phi) is 5.21. The highest BCUT2D eigenvalue weighted by Gasteiger charge is 2.26. The van der Waals surface area contributed by atoms with Crippen molar-refractivity contribution in [2.24, 2.45) is 0 Å². The molecule has 0 saturated carbocycles. The van der Waals surface area contributed by atoms with Crippen LogP contribution in [0.2, 0.25) is 0 Å². The molecule has 4 nitrogen and oxygen atoms in total. The molecule has 4 heteroatoms. The maximum Gasteiger partial charge on any atom is 0.236 e. The molecule has 126 valence electrons. The van der Waals surface area contributed by atoms with E-state index in [-0.39, 0.29) is 0 Å². The molecular weight excluding hydrogens is 286 g/mol. The molecule has 1 atom stereocenters. The average Bonchev–Trinajstić information content (AvgIpc) is 2.56. The predicted octanol–water partition coefficient (Wildman–Crippen LogP) is 2.52. The van der Waals surface area contributed by atoms with Crippen LogP contribution in [0.5, 0.6) is 0 Å². The fourth-order valence-corrected chi connectivity index (χ4v) is 3.74. The number of carbonyl (C=O) groups is 1. The molecule has 0 bridgehead atoms. The van der Waals surface area contributed by atoms with Gasteiger partial charge in [0.2, 0.25) is 5.91 Å². The maximum absolute atomic E-state index is 12.5. The smallest absolute Gasteiger partial charge is 0.236 e. The predicted molar refractivity (Wildman–Crippen MR) is 94.9 cm³/mol. The SMILES string of the molecule is Cc1cccc(N2CCN(CC(=O)N3CCCCC3C)CC2)c1. The van der Waals surface area contributed by atoms with Gasteiger partial charge in [-0.2, -0.15) is 0 Å². The summed E-state index contributed by atoms with van der Waals surface area (Å²) in [6, 6.07) is 9.11. The van der Waals surface area contributed by atoms with Crippen LogP contribution in [-0.4, -0.2) is 61.0 Å². The topological polar surface area (TPSA) is 26.8 Å². The number of likely N-dealkylation sites (tertiary alicyclic amines) is 1. The van der Waals surface area contributed by atoms with Crippen molar-refractivity contribution in [2.45, 2.75) is 39.2 Å². The molecule has 23 heavy (non-hydrogen) atoms. The van der Waals surface area contributed by atoms with Gasteiger partial charge in [0, 0.05) is 44.5 Å². The lowest BCUT2D eigenvalue weighted by Crippen LogP contribution is -2.52. The summed E-state index contributed by atoms with van der Waals surface area (Å²) in [6.07, 6.45) is 3.59. The molecule has 2 aliphatic heterocycles. The van der Waals surface area contributed by atoms with Crippen LogP contribution in [0.3, 0.4) is 0 Å². The lowest BCUT2D eigenvalue weighted by molar-refractivity contribution is -0.135. The van der Waals surface area contributed by atoms with Crippen LogP contribution >= 0.6 is 0 Å². The van der Waals surface area contributed by atoms with Crippen LogP contribution in [-0.2, 0) is 4.79 Å². The fraction of sp³-hybridized carbons (Fsp3) is 0.632. The fourth-order valence-electron chi connectivity index (χ4n) is 3.74. The van der Waals surface area contributed by atoms with E-state index >= 15 is 0 Å². The minimum absolute atomic E-state index is 0.321. The second kappa shape index (κ2) is 7.35. The van der Waals surface area contributed by atoms with Crippen LogP contribution in [0, 0.1) is 6.92 Å². The first kappa shape index (κ1) is 16.3. The zero-order chi connectivity index (χ0) is 16.2. The molecule has 0 spiro atoms. The van der Waals surface area contributed by atoms with Gasteiger partial charge in [-0.3, -0.25) is 9.69 Å². The van der Waals surface area contributed by atoms with E-state index in [1.165, 1.54) is 17.7 Å². The zero-order valence-corrected chi connectivity index (χ0v) is 14.5. The lowest BCUT2D eigenvalue weighted by atomic mass is 10.0. The number of anilines is 1. The third kappa shape index (κ3) is 4.05. The van der Waals surface area contributed by atoms with Crippen molar-refractivity contribution >= 4 is 11.6 Å². The molecule has 2 saturated heterocycles.